The number of ether oxygens (including phenoxy) is 23. The lowest BCUT2D eigenvalue weighted by Gasteiger charge is -2.09. The fraction of sp³-hybridized carbons (Fsp3) is 0.902. The first-order valence-electron chi connectivity index (χ1n) is 31.4. The third kappa shape index (κ3) is 69.4. The second kappa shape index (κ2) is 74.6. The number of aliphatic hydroxyl groups is 1. The Balaban J connectivity index is 1.61. The predicted octanol–water partition coefficient (Wildman–Crippen LogP) is 4.72. The van der Waals surface area contributed by atoms with Crippen LogP contribution in [0.25, 0.3) is 0 Å². The van der Waals surface area contributed by atoms with Gasteiger partial charge in [0.25, 0.3) is 0 Å². The van der Waals surface area contributed by atoms with Crippen LogP contribution in [0.2, 0.25) is 0 Å². The SMILES string of the molecule is CCCCCCCCCc1ccc(OCCOCCOCCOCCOCCOCCOCCOCCOCCOCCOCCOCCOCCOCCOCCOCCOCCOCCOCCOCCOCCOCCOCCO)cc1. The third-order valence-corrected chi connectivity index (χ3v) is 11.5. The van der Waals surface area contributed by atoms with Gasteiger partial charge in [0.2, 0.25) is 0 Å². The molecular formula is C61H116O24. The fourth-order valence-electron chi connectivity index (χ4n) is 7.04. The summed E-state index contributed by atoms with van der Waals surface area (Å²) in [7, 11) is 0. The highest BCUT2D eigenvalue weighted by atomic mass is 16.6. The number of rotatable bonds is 77. The Morgan fingerprint density at radius 3 is 0.588 bits per heavy atom. The molecule has 0 bridgehead atoms. The molecule has 24 heteroatoms. The minimum absolute atomic E-state index is 0.0184. The van der Waals surface area contributed by atoms with Crippen LogP contribution in [0.3, 0.4) is 0 Å². The van der Waals surface area contributed by atoms with E-state index >= 15 is 0 Å². The number of benzene rings is 1. The molecule has 0 fully saturated rings. The minimum atomic E-state index is 0.0184. The lowest BCUT2D eigenvalue weighted by atomic mass is 10.0. The van der Waals surface area contributed by atoms with E-state index in [1.165, 1.54) is 50.5 Å². The smallest absolute Gasteiger partial charge is 0.119 e. The van der Waals surface area contributed by atoms with Gasteiger partial charge in [-0.25, -0.2) is 0 Å². The van der Waals surface area contributed by atoms with Gasteiger partial charge in [-0.15, -0.1) is 0 Å². The average Bonchev–Trinajstić information content (AvgIpc) is 3.55. The predicted molar refractivity (Wildman–Crippen MR) is 319 cm³/mol. The standard InChI is InChI=1S/C61H116O24/c1-2-3-4-5-6-7-8-9-60-10-12-61(13-11-60)85-59-58-84-57-56-83-55-54-82-53-52-81-51-50-80-49-48-79-47-46-78-45-44-77-43-42-76-41-40-75-39-38-74-37-36-73-35-34-72-33-32-71-31-30-70-29-28-69-27-26-68-25-24-67-23-22-66-21-20-65-19-18-64-17-16-63-15-14-62/h10-13,62H,2-9,14-59H2,1H3. The van der Waals surface area contributed by atoms with Crippen molar-refractivity contribution in [3.63, 3.8) is 0 Å². The molecule has 85 heavy (non-hydrogen) atoms. The van der Waals surface area contributed by atoms with Crippen LogP contribution in [0, 0.1) is 0 Å². The largest absolute Gasteiger partial charge is 0.491 e. The van der Waals surface area contributed by atoms with Gasteiger partial charge < -0.3 is 114 Å². The number of hydrogen-bond donors (Lipinski definition) is 1. The highest BCUT2D eigenvalue weighted by molar-refractivity contribution is 5.27. The summed E-state index contributed by atoms with van der Waals surface area (Å²) in [6.07, 6.45) is 10.5. The molecule has 0 radical (unpaired) electrons. The Kier molecular flexibility index (Phi) is 71.2. The van der Waals surface area contributed by atoms with Gasteiger partial charge in [0.05, 0.1) is 297 Å². The molecule has 1 N–H and O–H groups in total. The minimum Gasteiger partial charge on any atom is -0.491 e. The Morgan fingerprint density at radius 2 is 0.388 bits per heavy atom. The van der Waals surface area contributed by atoms with Crippen molar-refractivity contribution < 1.29 is 114 Å². The summed E-state index contributed by atoms with van der Waals surface area (Å²) in [6, 6.07) is 8.45. The monoisotopic (exact) mass is 1230 g/mol. The van der Waals surface area contributed by atoms with Gasteiger partial charge >= 0.3 is 0 Å². The van der Waals surface area contributed by atoms with Crippen molar-refractivity contribution in [2.75, 3.05) is 304 Å². The first kappa shape index (κ1) is 81.1. The molecule has 0 aromatic heterocycles. The number of hydrogen-bond acceptors (Lipinski definition) is 24. The van der Waals surface area contributed by atoms with Gasteiger partial charge in [0, 0.05) is 0 Å². The van der Waals surface area contributed by atoms with Crippen LogP contribution in [0.15, 0.2) is 24.3 Å². The Hall–Kier alpha value is -1.90. The molecule has 0 unspecified atom stereocenters. The molecule has 0 heterocycles. The lowest BCUT2D eigenvalue weighted by molar-refractivity contribution is -0.0318. The molecular weight excluding hydrogens is 1120 g/mol. The summed E-state index contributed by atoms with van der Waals surface area (Å²) in [6.45, 7) is 24.3. The molecule has 0 atom stereocenters. The van der Waals surface area contributed by atoms with Crippen molar-refractivity contribution in [1.29, 1.82) is 0 Å². The van der Waals surface area contributed by atoms with Gasteiger partial charge in [0.1, 0.15) is 12.4 Å². The van der Waals surface area contributed by atoms with Crippen LogP contribution in [-0.4, -0.2) is 309 Å². The summed E-state index contributed by atoms with van der Waals surface area (Å²) >= 11 is 0. The maximum absolute atomic E-state index is 8.62. The zero-order valence-corrected chi connectivity index (χ0v) is 52.3. The van der Waals surface area contributed by atoms with Gasteiger partial charge in [-0.05, 0) is 30.5 Å². The first-order chi connectivity index (χ1) is 42.4. The lowest BCUT2D eigenvalue weighted by Crippen LogP contribution is -2.16. The summed E-state index contributed by atoms with van der Waals surface area (Å²) in [5, 5.41) is 8.62. The van der Waals surface area contributed by atoms with Crippen molar-refractivity contribution in [2.45, 2.75) is 58.3 Å². The molecule has 0 aliphatic carbocycles. The molecule has 0 amide bonds. The van der Waals surface area contributed by atoms with E-state index in [1.54, 1.807) is 0 Å². The van der Waals surface area contributed by atoms with Gasteiger partial charge in [-0.2, -0.15) is 0 Å². The summed E-state index contributed by atoms with van der Waals surface area (Å²) in [5.74, 6) is 0.881. The van der Waals surface area contributed by atoms with Crippen molar-refractivity contribution in [3.8, 4) is 5.75 Å². The molecule has 1 aromatic carbocycles. The van der Waals surface area contributed by atoms with Crippen molar-refractivity contribution in [1.82, 2.24) is 0 Å². The molecule has 0 spiro atoms. The van der Waals surface area contributed by atoms with E-state index in [-0.39, 0.29) is 6.61 Å². The maximum atomic E-state index is 8.62. The highest BCUT2D eigenvalue weighted by Gasteiger charge is 2.02. The molecule has 1 aromatic rings. The van der Waals surface area contributed by atoms with Crippen LogP contribution in [-0.2, 0) is 111 Å². The molecule has 1 rings (SSSR count). The van der Waals surface area contributed by atoms with E-state index in [0.717, 1.165) is 12.2 Å². The van der Waals surface area contributed by atoms with Crippen molar-refractivity contribution >= 4 is 0 Å². The van der Waals surface area contributed by atoms with Gasteiger partial charge in [-0.3, -0.25) is 0 Å². The Morgan fingerprint density at radius 1 is 0.212 bits per heavy atom. The van der Waals surface area contributed by atoms with Crippen molar-refractivity contribution in [3.05, 3.63) is 29.8 Å². The summed E-state index contributed by atoms with van der Waals surface area (Å²) in [5.41, 5.74) is 1.37. The van der Waals surface area contributed by atoms with E-state index in [1.807, 2.05) is 0 Å². The van der Waals surface area contributed by atoms with Crippen LogP contribution in [0.4, 0.5) is 0 Å². The van der Waals surface area contributed by atoms with E-state index in [0.29, 0.717) is 297 Å². The zero-order valence-electron chi connectivity index (χ0n) is 52.3. The molecule has 0 saturated heterocycles. The van der Waals surface area contributed by atoms with Crippen LogP contribution < -0.4 is 4.74 Å². The van der Waals surface area contributed by atoms with Crippen LogP contribution in [0.1, 0.15) is 57.4 Å². The first-order valence-corrected chi connectivity index (χ1v) is 31.4. The summed E-state index contributed by atoms with van der Waals surface area (Å²) in [4.78, 5) is 0. The molecule has 0 saturated carbocycles. The third-order valence-electron chi connectivity index (χ3n) is 11.5. The highest BCUT2D eigenvalue weighted by Crippen LogP contribution is 2.15. The van der Waals surface area contributed by atoms with E-state index in [4.69, 9.17) is 114 Å². The van der Waals surface area contributed by atoms with Gasteiger partial charge in [-0.1, -0.05) is 57.6 Å². The average molecular weight is 1230 g/mol. The van der Waals surface area contributed by atoms with Crippen LogP contribution >= 0.6 is 0 Å². The Bertz CT molecular complexity index is 1350. The normalized spacial score (nSPS) is 11.7. The summed E-state index contributed by atoms with van der Waals surface area (Å²) < 4.78 is 127. The number of aliphatic hydroxyl groups excluding tert-OH is 1. The molecule has 504 valence electrons. The second-order valence-electron chi connectivity index (χ2n) is 18.6. The van der Waals surface area contributed by atoms with E-state index in [9.17, 15) is 0 Å². The van der Waals surface area contributed by atoms with E-state index in [2.05, 4.69) is 31.2 Å². The second-order valence-corrected chi connectivity index (χ2v) is 18.6. The van der Waals surface area contributed by atoms with Crippen LogP contribution in [0.5, 0.6) is 5.75 Å². The number of unbranched alkanes of at least 4 members (excludes halogenated alkanes) is 6. The number of aryl methyl sites for hydroxylation is 1. The molecule has 0 aliphatic rings. The fourth-order valence-corrected chi connectivity index (χ4v) is 7.04. The zero-order chi connectivity index (χ0) is 60.4. The molecule has 24 nitrogen and oxygen atoms in total. The van der Waals surface area contributed by atoms with Gasteiger partial charge in [0.15, 0.2) is 0 Å². The quantitative estimate of drug-likeness (QED) is 0.0870. The van der Waals surface area contributed by atoms with Crippen molar-refractivity contribution in [2.24, 2.45) is 0 Å². The topological polar surface area (TPSA) is 233 Å². The van der Waals surface area contributed by atoms with E-state index < -0.39 is 0 Å². The Labute approximate surface area is 510 Å². The molecule has 0 aliphatic heterocycles. The maximum Gasteiger partial charge on any atom is 0.119 e.